The summed E-state index contributed by atoms with van der Waals surface area (Å²) in [6.07, 6.45) is 0. The van der Waals surface area contributed by atoms with Gasteiger partial charge < -0.3 is 5.32 Å². The van der Waals surface area contributed by atoms with Gasteiger partial charge in [-0.1, -0.05) is 52.5 Å². The highest BCUT2D eigenvalue weighted by Gasteiger charge is 2.27. The number of nitrogens with zero attached hydrogens (tertiary/aromatic N) is 1. The van der Waals surface area contributed by atoms with Crippen LogP contribution < -0.4 is 9.62 Å². The summed E-state index contributed by atoms with van der Waals surface area (Å²) in [5.74, 6) is -0.550. The lowest BCUT2D eigenvalue weighted by molar-refractivity contribution is -0.114. The number of hydrogen-bond donors (Lipinski definition) is 1. The molecule has 0 fully saturated rings. The van der Waals surface area contributed by atoms with Crippen LogP contribution in [0, 0.1) is 6.92 Å². The monoisotopic (exact) mass is 482 g/mol. The largest absolute Gasteiger partial charge is 0.324 e. The number of halogens is 3. The van der Waals surface area contributed by atoms with Crippen molar-refractivity contribution >= 4 is 62.1 Å². The molecule has 156 valence electrons. The minimum Gasteiger partial charge on any atom is -0.324 e. The van der Waals surface area contributed by atoms with Crippen molar-refractivity contribution in [3.8, 4) is 0 Å². The summed E-state index contributed by atoms with van der Waals surface area (Å²) >= 11 is 17.8. The Kier molecular flexibility index (Phi) is 6.93. The average Bonchev–Trinajstić information content (AvgIpc) is 2.66. The molecule has 9 heteroatoms. The summed E-state index contributed by atoms with van der Waals surface area (Å²) in [4.78, 5) is 12.7. The quantitative estimate of drug-likeness (QED) is 0.482. The molecule has 0 saturated carbocycles. The summed E-state index contributed by atoms with van der Waals surface area (Å²) in [7, 11) is -4.03. The van der Waals surface area contributed by atoms with Crippen LogP contribution in [0.2, 0.25) is 15.1 Å². The lowest BCUT2D eigenvalue weighted by Crippen LogP contribution is -2.38. The van der Waals surface area contributed by atoms with E-state index in [-0.39, 0.29) is 4.90 Å². The molecule has 0 saturated heterocycles. The molecule has 3 rings (SSSR count). The van der Waals surface area contributed by atoms with Crippen LogP contribution in [-0.4, -0.2) is 20.9 Å². The van der Waals surface area contributed by atoms with Gasteiger partial charge in [0.2, 0.25) is 5.91 Å². The molecule has 0 aromatic heterocycles. The fraction of sp³-hybridized carbons (Fsp3) is 0.0952. The van der Waals surface area contributed by atoms with Gasteiger partial charge in [-0.2, -0.15) is 0 Å². The highest BCUT2D eigenvalue weighted by Crippen LogP contribution is 2.26. The van der Waals surface area contributed by atoms with Gasteiger partial charge >= 0.3 is 0 Å². The molecule has 5 nitrogen and oxygen atoms in total. The van der Waals surface area contributed by atoms with Crippen LogP contribution in [0.25, 0.3) is 0 Å². The summed E-state index contributed by atoms with van der Waals surface area (Å²) in [5.41, 5.74) is 1.68. The lowest BCUT2D eigenvalue weighted by atomic mass is 10.2. The fourth-order valence-electron chi connectivity index (χ4n) is 2.72. The third-order valence-electron chi connectivity index (χ3n) is 4.16. The second-order valence-corrected chi connectivity index (χ2v) is 9.68. The molecule has 3 aromatic carbocycles. The van der Waals surface area contributed by atoms with Gasteiger partial charge in [0, 0.05) is 20.8 Å². The number of carbonyl (C=O) groups is 1. The summed E-state index contributed by atoms with van der Waals surface area (Å²) in [5, 5.41) is 3.74. The van der Waals surface area contributed by atoms with Crippen LogP contribution in [0.4, 0.5) is 11.4 Å². The van der Waals surface area contributed by atoms with Crippen LogP contribution in [0.1, 0.15) is 5.56 Å². The number of nitrogens with one attached hydrogen (secondary N) is 1. The molecule has 1 N–H and O–H groups in total. The van der Waals surface area contributed by atoms with Gasteiger partial charge in [0.05, 0.1) is 10.6 Å². The van der Waals surface area contributed by atoms with E-state index in [1.165, 1.54) is 42.5 Å². The van der Waals surface area contributed by atoms with Crippen LogP contribution in [0.3, 0.4) is 0 Å². The van der Waals surface area contributed by atoms with E-state index in [1.807, 2.05) is 6.92 Å². The van der Waals surface area contributed by atoms with Crippen molar-refractivity contribution in [1.82, 2.24) is 0 Å². The Balaban J connectivity index is 1.94. The van der Waals surface area contributed by atoms with Crippen molar-refractivity contribution in [3.05, 3.63) is 87.4 Å². The predicted octanol–water partition coefficient (Wildman–Crippen LogP) is 5.79. The third-order valence-corrected chi connectivity index (χ3v) is 6.63. The van der Waals surface area contributed by atoms with Crippen molar-refractivity contribution in [1.29, 1.82) is 0 Å². The molecule has 0 aliphatic heterocycles. The second kappa shape index (κ2) is 9.27. The zero-order chi connectivity index (χ0) is 21.9. The van der Waals surface area contributed by atoms with Gasteiger partial charge in [-0.15, -0.1) is 0 Å². The Morgan fingerprint density at radius 3 is 2.00 bits per heavy atom. The molecule has 0 aliphatic carbocycles. The maximum Gasteiger partial charge on any atom is 0.264 e. The molecule has 0 bridgehead atoms. The molecule has 30 heavy (non-hydrogen) atoms. The van der Waals surface area contributed by atoms with E-state index >= 15 is 0 Å². The average molecular weight is 484 g/mol. The number of rotatable bonds is 6. The minimum atomic E-state index is -4.03. The van der Waals surface area contributed by atoms with E-state index in [0.29, 0.717) is 26.4 Å². The molecule has 0 atom stereocenters. The highest BCUT2D eigenvalue weighted by molar-refractivity contribution is 7.92. The molecule has 0 aliphatic rings. The maximum absolute atomic E-state index is 13.3. The number of aryl methyl sites for hydroxylation is 1. The fourth-order valence-corrected chi connectivity index (χ4v) is 4.79. The third kappa shape index (κ3) is 5.46. The van der Waals surface area contributed by atoms with Gasteiger partial charge in [0.15, 0.2) is 0 Å². The lowest BCUT2D eigenvalue weighted by Gasteiger charge is -2.24. The van der Waals surface area contributed by atoms with Gasteiger partial charge in [-0.3, -0.25) is 9.10 Å². The van der Waals surface area contributed by atoms with Crippen molar-refractivity contribution < 1.29 is 13.2 Å². The second-order valence-electron chi connectivity index (χ2n) is 6.51. The van der Waals surface area contributed by atoms with Gasteiger partial charge in [-0.25, -0.2) is 8.42 Å². The zero-order valence-electron chi connectivity index (χ0n) is 15.8. The van der Waals surface area contributed by atoms with Crippen molar-refractivity contribution in [3.63, 3.8) is 0 Å². The van der Waals surface area contributed by atoms with E-state index < -0.39 is 22.5 Å². The van der Waals surface area contributed by atoms with E-state index in [1.54, 1.807) is 24.3 Å². The maximum atomic E-state index is 13.3. The highest BCUT2D eigenvalue weighted by atomic mass is 35.5. The Morgan fingerprint density at radius 2 is 1.43 bits per heavy atom. The number of anilines is 2. The number of carbonyl (C=O) groups excluding carboxylic acids is 1. The minimum absolute atomic E-state index is 0.0195. The van der Waals surface area contributed by atoms with Crippen LogP contribution in [-0.2, 0) is 14.8 Å². The van der Waals surface area contributed by atoms with Crippen LogP contribution >= 0.6 is 34.8 Å². The SMILES string of the molecule is Cc1ccc(N(CC(=O)Nc2cc(Cl)cc(Cl)c2)S(=O)(=O)c2ccc(Cl)cc2)cc1. The smallest absolute Gasteiger partial charge is 0.264 e. The first-order chi connectivity index (χ1) is 14.1. The van der Waals surface area contributed by atoms with Crippen LogP contribution in [0.5, 0.6) is 0 Å². The molecule has 3 aromatic rings. The Bertz CT molecular complexity index is 1140. The summed E-state index contributed by atoms with van der Waals surface area (Å²) in [6, 6.07) is 17.2. The van der Waals surface area contributed by atoms with E-state index in [4.69, 9.17) is 34.8 Å². The zero-order valence-corrected chi connectivity index (χ0v) is 18.9. The standard InChI is InChI=1S/C21H17Cl3N2O3S/c1-14-2-6-19(7-3-14)26(30(28,29)20-8-4-15(22)5-9-20)13-21(27)25-18-11-16(23)10-17(24)12-18/h2-12H,13H2,1H3,(H,25,27). The molecular weight excluding hydrogens is 467 g/mol. The Hall–Kier alpha value is -2.25. The van der Waals surface area contributed by atoms with Gasteiger partial charge in [-0.05, 0) is 61.5 Å². The summed E-state index contributed by atoms with van der Waals surface area (Å²) in [6.45, 7) is 1.44. The first-order valence-electron chi connectivity index (χ1n) is 8.76. The van der Waals surface area contributed by atoms with Gasteiger partial charge in [0.25, 0.3) is 10.0 Å². The van der Waals surface area contributed by atoms with E-state index in [9.17, 15) is 13.2 Å². The number of hydrogen-bond acceptors (Lipinski definition) is 3. The normalized spacial score (nSPS) is 11.2. The first-order valence-corrected chi connectivity index (χ1v) is 11.3. The van der Waals surface area contributed by atoms with Crippen molar-refractivity contribution in [2.24, 2.45) is 0 Å². The Morgan fingerprint density at radius 1 is 0.867 bits per heavy atom. The molecule has 0 radical (unpaired) electrons. The molecule has 1 amide bonds. The molecule has 0 unspecified atom stereocenters. The van der Waals surface area contributed by atoms with Gasteiger partial charge in [0.1, 0.15) is 6.54 Å². The van der Waals surface area contributed by atoms with Crippen molar-refractivity contribution in [2.45, 2.75) is 11.8 Å². The van der Waals surface area contributed by atoms with Crippen LogP contribution in [0.15, 0.2) is 71.6 Å². The molecule has 0 heterocycles. The number of sulfonamides is 1. The van der Waals surface area contributed by atoms with E-state index in [2.05, 4.69) is 5.32 Å². The first kappa shape index (κ1) is 22.4. The Labute approximate surface area is 190 Å². The molecular formula is C21H17Cl3N2O3S. The molecule has 0 spiro atoms. The number of amides is 1. The van der Waals surface area contributed by atoms with Crippen molar-refractivity contribution in [2.75, 3.05) is 16.2 Å². The van der Waals surface area contributed by atoms with E-state index in [0.717, 1.165) is 9.87 Å². The topological polar surface area (TPSA) is 66.5 Å². The number of benzene rings is 3. The predicted molar refractivity (Wildman–Crippen MR) is 122 cm³/mol. The summed E-state index contributed by atoms with van der Waals surface area (Å²) < 4.78 is 27.6.